The van der Waals surface area contributed by atoms with Gasteiger partial charge in [0.1, 0.15) is 5.82 Å². The Balaban J connectivity index is 1.37. The maximum atomic E-state index is 12.2. The third-order valence-corrected chi connectivity index (χ3v) is 8.21. The van der Waals surface area contributed by atoms with E-state index in [4.69, 9.17) is 14.5 Å². The van der Waals surface area contributed by atoms with Gasteiger partial charge in [-0.3, -0.25) is 0 Å². The molecule has 7 rings (SSSR count). The number of aromatic nitrogens is 2. The van der Waals surface area contributed by atoms with Crippen LogP contribution in [0.5, 0.6) is 0 Å². The van der Waals surface area contributed by atoms with E-state index in [1.807, 2.05) is 12.1 Å². The molecule has 1 aromatic heterocycles. The molecule has 0 amide bonds. The van der Waals surface area contributed by atoms with E-state index in [-0.39, 0.29) is 12.0 Å². The maximum absolute atomic E-state index is 12.2. The summed E-state index contributed by atoms with van der Waals surface area (Å²) in [6.07, 6.45) is 1.88. The molecule has 0 aliphatic carbocycles. The largest absolute Gasteiger partial charge is 0.465 e. The number of carbonyl (C=O) groups excluding carboxylic acids is 1. The highest BCUT2D eigenvalue weighted by Crippen LogP contribution is 2.49. The molecule has 206 valence electrons. The Labute approximate surface area is 239 Å². The number of para-hydroxylation sites is 1. The van der Waals surface area contributed by atoms with Crippen molar-refractivity contribution in [2.75, 3.05) is 37.6 Å². The van der Waals surface area contributed by atoms with Crippen molar-refractivity contribution in [3.05, 3.63) is 107 Å². The van der Waals surface area contributed by atoms with Gasteiger partial charge in [-0.1, -0.05) is 48.5 Å². The van der Waals surface area contributed by atoms with Gasteiger partial charge in [0, 0.05) is 37.9 Å². The molecule has 0 bridgehead atoms. The molecule has 2 aliphatic heterocycles. The van der Waals surface area contributed by atoms with Gasteiger partial charge >= 0.3 is 5.97 Å². The zero-order valence-corrected chi connectivity index (χ0v) is 23.3. The standard InChI is InChI=1S/C34H32N4O3/c1-40-19-7-17-38-30-15-13-25(34(39)41-2)21-28(30)36-33(38)24-12-14-29-27(20-24)35-31(22-8-4-3-5-9-22)26-11-6-10-23-16-18-37(29)32(23)26/h3-6,8-15,20-21,31,35H,7,16-19H2,1-2H3. The number of carbonyl (C=O) groups is 1. The predicted molar refractivity (Wildman–Crippen MR) is 162 cm³/mol. The second kappa shape index (κ2) is 10.4. The minimum absolute atomic E-state index is 0.0198. The first-order valence-corrected chi connectivity index (χ1v) is 14.1. The van der Waals surface area contributed by atoms with Crippen molar-refractivity contribution >= 4 is 34.1 Å². The zero-order valence-electron chi connectivity index (χ0n) is 23.3. The van der Waals surface area contributed by atoms with Crippen LogP contribution in [0.15, 0.2) is 84.9 Å². The Morgan fingerprint density at radius 3 is 2.71 bits per heavy atom. The van der Waals surface area contributed by atoms with Crippen LogP contribution in [0.4, 0.5) is 17.1 Å². The van der Waals surface area contributed by atoms with Crippen molar-refractivity contribution in [3.8, 4) is 11.4 Å². The number of aryl methyl sites for hydroxylation is 1. The SMILES string of the molecule is COCCCn1c(-c2ccc3c(c2)NC(c2ccccc2)c2cccc4c2N3CC4)nc2cc(C(=O)OC)ccc21. The Hall–Kier alpha value is -4.62. The molecular weight excluding hydrogens is 512 g/mol. The number of esters is 1. The van der Waals surface area contributed by atoms with Crippen LogP contribution in [-0.2, 0) is 22.4 Å². The number of benzene rings is 4. The van der Waals surface area contributed by atoms with E-state index in [0.29, 0.717) is 12.2 Å². The fourth-order valence-electron chi connectivity index (χ4n) is 6.32. The van der Waals surface area contributed by atoms with E-state index >= 15 is 0 Å². The molecule has 7 nitrogen and oxygen atoms in total. The van der Waals surface area contributed by atoms with E-state index in [1.165, 1.54) is 35.2 Å². The predicted octanol–water partition coefficient (Wildman–Crippen LogP) is 6.74. The molecule has 1 N–H and O–H groups in total. The zero-order chi connectivity index (χ0) is 27.9. The lowest BCUT2D eigenvalue weighted by Crippen LogP contribution is -2.14. The summed E-state index contributed by atoms with van der Waals surface area (Å²) in [6.45, 7) is 2.35. The van der Waals surface area contributed by atoms with Crippen LogP contribution >= 0.6 is 0 Å². The lowest BCUT2D eigenvalue weighted by Gasteiger charge is -2.22. The molecule has 5 aromatic rings. The number of hydrogen-bond acceptors (Lipinski definition) is 6. The quantitative estimate of drug-likeness (QED) is 0.181. The van der Waals surface area contributed by atoms with Gasteiger partial charge in [-0.25, -0.2) is 9.78 Å². The maximum Gasteiger partial charge on any atom is 0.337 e. The summed E-state index contributed by atoms with van der Waals surface area (Å²) in [5.41, 5.74) is 10.7. The Kier molecular flexibility index (Phi) is 6.44. The number of methoxy groups -OCH3 is 2. The molecule has 0 fully saturated rings. The third kappa shape index (κ3) is 4.33. The number of anilines is 3. The second-order valence-electron chi connectivity index (χ2n) is 10.6. The lowest BCUT2D eigenvalue weighted by molar-refractivity contribution is 0.0601. The molecule has 0 spiro atoms. The normalized spacial score (nSPS) is 15.3. The van der Waals surface area contributed by atoms with Crippen molar-refractivity contribution in [3.63, 3.8) is 0 Å². The fraction of sp³-hybridized carbons (Fsp3) is 0.235. The average Bonchev–Trinajstić information content (AvgIpc) is 3.57. The van der Waals surface area contributed by atoms with Crippen molar-refractivity contribution in [2.24, 2.45) is 0 Å². The fourth-order valence-corrected chi connectivity index (χ4v) is 6.32. The molecule has 2 aliphatic rings. The minimum Gasteiger partial charge on any atom is -0.465 e. The number of ether oxygens (including phenoxy) is 2. The van der Waals surface area contributed by atoms with Gasteiger partial charge in [-0.2, -0.15) is 0 Å². The van der Waals surface area contributed by atoms with Gasteiger partial charge in [0.25, 0.3) is 0 Å². The number of nitrogens with one attached hydrogen (secondary N) is 1. The molecule has 0 saturated heterocycles. The highest BCUT2D eigenvalue weighted by atomic mass is 16.5. The monoisotopic (exact) mass is 544 g/mol. The number of imidazole rings is 1. The van der Waals surface area contributed by atoms with Gasteiger partial charge < -0.3 is 24.3 Å². The van der Waals surface area contributed by atoms with Gasteiger partial charge in [-0.15, -0.1) is 0 Å². The second-order valence-corrected chi connectivity index (χ2v) is 10.6. The molecule has 4 aromatic carbocycles. The highest BCUT2D eigenvalue weighted by Gasteiger charge is 2.32. The number of hydrogen-bond donors (Lipinski definition) is 1. The van der Waals surface area contributed by atoms with Crippen molar-refractivity contribution in [1.29, 1.82) is 0 Å². The average molecular weight is 545 g/mol. The first-order valence-electron chi connectivity index (χ1n) is 14.1. The highest BCUT2D eigenvalue weighted by molar-refractivity contribution is 5.95. The van der Waals surface area contributed by atoms with Crippen LogP contribution in [0.2, 0.25) is 0 Å². The van der Waals surface area contributed by atoms with Crippen LogP contribution in [0.25, 0.3) is 22.4 Å². The summed E-state index contributed by atoms with van der Waals surface area (Å²) in [4.78, 5) is 19.8. The molecule has 0 saturated carbocycles. The van der Waals surface area contributed by atoms with Crippen molar-refractivity contribution in [2.45, 2.75) is 25.4 Å². The third-order valence-electron chi connectivity index (χ3n) is 8.21. The number of nitrogens with zero attached hydrogens (tertiary/aromatic N) is 3. The minimum atomic E-state index is -0.367. The van der Waals surface area contributed by atoms with Gasteiger partial charge in [0.2, 0.25) is 0 Å². The van der Waals surface area contributed by atoms with E-state index < -0.39 is 0 Å². The summed E-state index contributed by atoms with van der Waals surface area (Å²) in [5.74, 6) is 0.496. The summed E-state index contributed by atoms with van der Waals surface area (Å²) < 4.78 is 12.5. The van der Waals surface area contributed by atoms with E-state index in [1.54, 1.807) is 13.2 Å². The van der Waals surface area contributed by atoms with Crippen LogP contribution < -0.4 is 10.2 Å². The van der Waals surface area contributed by atoms with Crippen LogP contribution in [0.3, 0.4) is 0 Å². The van der Waals surface area contributed by atoms with Crippen molar-refractivity contribution < 1.29 is 14.3 Å². The first-order chi connectivity index (χ1) is 20.2. The smallest absolute Gasteiger partial charge is 0.337 e. The molecular formula is C34H32N4O3. The summed E-state index contributed by atoms with van der Waals surface area (Å²) in [6, 6.07) is 29.6. The molecule has 1 unspecified atom stereocenters. The van der Waals surface area contributed by atoms with Crippen molar-refractivity contribution in [1.82, 2.24) is 9.55 Å². The van der Waals surface area contributed by atoms with Crippen LogP contribution in [0.1, 0.15) is 39.5 Å². The Morgan fingerprint density at radius 1 is 1.00 bits per heavy atom. The van der Waals surface area contributed by atoms with Crippen LogP contribution in [0, 0.1) is 0 Å². The molecule has 3 heterocycles. The molecule has 41 heavy (non-hydrogen) atoms. The van der Waals surface area contributed by atoms with Crippen LogP contribution in [-0.4, -0.2) is 42.9 Å². The lowest BCUT2D eigenvalue weighted by atomic mass is 9.95. The summed E-state index contributed by atoms with van der Waals surface area (Å²) in [5, 5.41) is 3.91. The topological polar surface area (TPSA) is 68.6 Å². The number of rotatable bonds is 7. The van der Waals surface area contributed by atoms with E-state index in [2.05, 4.69) is 81.5 Å². The number of fused-ring (bicyclic) bond motifs is 3. The Morgan fingerprint density at radius 2 is 1.88 bits per heavy atom. The first kappa shape index (κ1) is 25.4. The molecule has 7 heteroatoms. The Bertz CT molecular complexity index is 1760. The van der Waals surface area contributed by atoms with E-state index in [0.717, 1.165) is 54.0 Å². The molecule has 1 atom stereocenters. The van der Waals surface area contributed by atoms with Gasteiger partial charge in [0.15, 0.2) is 0 Å². The summed E-state index contributed by atoms with van der Waals surface area (Å²) in [7, 11) is 3.12. The van der Waals surface area contributed by atoms with E-state index in [9.17, 15) is 4.79 Å². The van der Waals surface area contributed by atoms with Gasteiger partial charge in [-0.05, 0) is 60.4 Å². The van der Waals surface area contributed by atoms with Gasteiger partial charge in [0.05, 0.1) is 46.8 Å². The summed E-state index contributed by atoms with van der Waals surface area (Å²) >= 11 is 0. The molecule has 0 radical (unpaired) electrons.